The summed E-state index contributed by atoms with van der Waals surface area (Å²) in [6.45, 7) is 3.81. The number of imide groups is 1. The Kier molecular flexibility index (Phi) is 8.47. The lowest BCUT2D eigenvalue weighted by Gasteiger charge is -2.18. The maximum atomic E-state index is 13.3. The number of thioether (sulfide) groups is 1. The Hall–Kier alpha value is -4.47. The Bertz CT molecular complexity index is 1650. The average molecular weight is 582 g/mol. The molecule has 4 amide bonds. The Morgan fingerprint density at radius 2 is 1.76 bits per heavy atom. The molecule has 0 unspecified atom stereocenters. The fourth-order valence-electron chi connectivity index (χ4n) is 4.38. The molecule has 2 heterocycles. The van der Waals surface area contributed by atoms with Crippen LogP contribution in [0.15, 0.2) is 101 Å². The van der Waals surface area contributed by atoms with Gasteiger partial charge in [0.2, 0.25) is 11.8 Å². The Morgan fingerprint density at radius 1 is 0.951 bits per heavy atom. The van der Waals surface area contributed by atoms with Crippen LogP contribution in [-0.4, -0.2) is 28.9 Å². The number of anilines is 2. The molecule has 1 aromatic heterocycles. The van der Waals surface area contributed by atoms with Crippen LogP contribution in [0.5, 0.6) is 0 Å². The molecule has 7 nitrogen and oxygen atoms in total. The highest BCUT2D eigenvalue weighted by Gasteiger charge is 2.40. The van der Waals surface area contributed by atoms with E-state index in [-0.39, 0.29) is 23.9 Å². The second kappa shape index (κ2) is 12.4. The van der Waals surface area contributed by atoms with Crippen molar-refractivity contribution in [1.82, 2.24) is 5.32 Å². The molecule has 1 saturated heterocycles. The maximum absolute atomic E-state index is 13.3. The van der Waals surface area contributed by atoms with E-state index >= 15 is 0 Å². The van der Waals surface area contributed by atoms with Gasteiger partial charge < -0.3 is 10.6 Å². The van der Waals surface area contributed by atoms with Gasteiger partial charge in [0.1, 0.15) is 5.70 Å². The third-order valence-corrected chi connectivity index (χ3v) is 8.44. The highest BCUT2D eigenvalue weighted by molar-refractivity contribution is 8.00. The summed E-state index contributed by atoms with van der Waals surface area (Å²) in [5, 5.41) is 6.89. The van der Waals surface area contributed by atoms with E-state index in [2.05, 4.69) is 10.6 Å². The number of benzene rings is 3. The zero-order valence-electron chi connectivity index (χ0n) is 22.4. The molecule has 0 radical (unpaired) electrons. The lowest BCUT2D eigenvalue weighted by Crippen LogP contribution is -2.31. The number of thiophene rings is 1. The van der Waals surface area contributed by atoms with Gasteiger partial charge in [0, 0.05) is 27.4 Å². The van der Waals surface area contributed by atoms with Gasteiger partial charge in [-0.2, -0.15) is 0 Å². The Labute approximate surface area is 246 Å². The molecule has 0 spiro atoms. The minimum Gasteiger partial charge on any atom is -0.321 e. The fraction of sp³-hybridized carbons (Fsp3) is 0.125. The quantitative estimate of drug-likeness (QED) is 0.191. The van der Waals surface area contributed by atoms with Crippen molar-refractivity contribution in [2.24, 2.45) is 0 Å². The van der Waals surface area contributed by atoms with E-state index in [1.54, 1.807) is 48.5 Å². The van der Waals surface area contributed by atoms with Crippen LogP contribution in [-0.2, 0) is 14.4 Å². The van der Waals surface area contributed by atoms with Crippen LogP contribution in [0.1, 0.15) is 32.8 Å². The van der Waals surface area contributed by atoms with Gasteiger partial charge in [-0.05, 0) is 78.9 Å². The topological polar surface area (TPSA) is 95.6 Å². The molecule has 2 N–H and O–H groups in total. The number of carbonyl (C=O) groups excluding carboxylic acids is 4. The molecule has 206 valence electrons. The molecule has 3 aromatic carbocycles. The normalized spacial score (nSPS) is 15.2. The second-order valence-corrected chi connectivity index (χ2v) is 11.8. The first-order valence-corrected chi connectivity index (χ1v) is 14.7. The van der Waals surface area contributed by atoms with E-state index in [0.717, 1.165) is 20.9 Å². The lowest BCUT2D eigenvalue weighted by atomic mass is 10.1. The van der Waals surface area contributed by atoms with Gasteiger partial charge in [-0.1, -0.05) is 42.5 Å². The van der Waals surface area contributed by atoms with Gasteiger partial charge in [0.15, 0.2) is 0 Å². The van der Waals surface area contributed by atoms with Crippen molar-refractivity contribution in [3.05, 3.63) is 118 Å². The molecule has 0 saturated carbocycles. The second-order valence-electron chi connectivity index (χ2n) is 9.54. The molecular formula is C32H27N3O4S2. The summed E-state index contributed by atoms with van der Waals surface area (Å²) in [7, 11) is 0. The van der Waals surface area contributed by atoms with Crippen LogP contribution in [0, 0.1) is 13.8 Å². The van der Waals surface area contributed by atoms with Gasteiger partial charge in [0.05, 0.1) is 10.9 Å². The van der Waals surface area contributed by atoms with E-state index in [1.807, 2.05) is 61.7 Å². The predicted octanol–water partition coefficient (Wildman–Crippen LogP) is 6.20. The zero-order chi connectivity index (χ0) is 28.9. The summed E-state index contributed by atoms with van der Waals surface area (Å²) in [6.07, 6.45) is 1.72. The van der Waals surface area contributed by atoms with Crippen LogP contribution in [0.4, 0.5) is 11.4 Å². The van der Waals surface area contributed by atoms with Crippen molar-refractivity contribution in [2.45, 2.75) is 30.4 Å². The number of nitrogens with zero attached hydrogens (tertiary/aromatic N) is 1. The molecule has 9 heteroatoms. The van der Waals surface area contributed by atoms with E-state index < -0.39 is 17.1 Å². The highest BCUT2D eigenvalue weighted by atomic mass is 32.2. The smallest absolute Gasteiger partial charge is 0.272 e. The third-order valence-electron chi connectivity index (χ3n) is 6.44. The summed E-state index contributed by atoms with van der Waals surface area (Å²) >= 11 is 2.73. The predicted molar refractivity (Wildman–Crippen MR) is 164 cm³/mol. The van der Waals surface area contributed by atoms with Gasteiger partial charge in [-0.15, -0.1) is 23.1 Å². The highest BCUT2D eigenvalue weighted by Crippen LogP contribution is 2.36. The van der Waals surface area contributed by atoms with Crippen molar-refractivity contribution >= 4 is 64.2 Å². The van der Waals surface area contributed by atoms with Gasteiger partial charge >= 0.3 is 0 Å². The molecular weight excluding hydrogens is 555 g/mol. The standard InChI is InChI=1S/C32H27N3O4S2/c1-20-13-14-21(2)27(16-20)35-29(36)19-28(32(35)39)41-25-11-6-10-23(17-25)33-31(38)26(18-24-12-7-15-40-24)34-30(37)22-8-4-3-5-9-22/h3-18,28H,19H2,1-2H3,(H,33,38)(H,34,37)/b26-18-/t28-/m1/s1. The van der Waals surface area contributed by atoms with Crippen molar-refractivity contribution in [3.8, 4) is 0 Å². The Morgan fingerprint density at radius 3 is 2.51 bits per heavy atom. The molecule has 0 bridgehead atoms. The largest absolute Gasteiger partial charge is 0.321 e. The van der Waals surface area contributed by atoms with Gasteiger partial charge in [0.25, 0.3) is 11.8 Å². The summed E-state index contributed by atoms with van der Waals surface area (Å²) in [6, 6.07) is 25.2. The zero-order valence-corrected chi connectivity index (χ0v) is 24.1. The molecule has 4 aromatic rings. The summed E-state index contributed by atoms with van der Waals surface area (Å²) < 4.78 is 0. The van der Waals surface area contributed by atoms with E-state index in [9.17, 15) is 19.2 Å². The van der Waals surface area contributed by atoms with Crippen LogP contribution in [0.25, 0.3) is 6.08 Å². The maximum Gasteiger partial charge on any atom is 0.272 e. The van der Waals surface area contributed by atoms with E-state index in [0.29, 0.717) is 16.9 Å². The summed E-state index contributed by atoms with van der Waals surface area (Å²) in [5.41, 5.74) is 3.47. The number of nitrogens with one attached hydrogen (secondary N) is 2. The number of amides is 4. The number of hydrogen-bond acceptors (Lipinski definition) is 6. The molecule has 1 aliphatic rings. The number of aryl methyl sites for hydroxylation is 2. The van der Waals surface area contributed by atoms with Gasteiger partial charge in [-0.3, -0.25) is 19.2 Å². The number of carbonyl (C=O) groups is 4. The van der Waals surface area contributed by atoms with Crippen LogP contribution in [0.3, 0.4) is 0 Å². The minimum atomic E-state index is -0.576. The van der Waals surface area contributed by atoms with Crippen LogP contribution < -0.4 is 15.5 Å². The van der Waals surface area contributed by atoms with Gasteiger partial charge in [-0.25, -0.2) is 4.90 Å². The first kappa shape index (κ1) is 28.1. The summed E-state index contributed by atoms with van der Waals surface area (Å²) in [4.78, 5) is 55.1. The molecule has 1 atom stereocenters. The first-order valence-electron chi connectivity index (χ1n) is 12.9. The monoisotopic (exact) mass is 581 g/mol. The van der Waals surface area contributed by atoms with Crippen LogP contribution >= 0.6 is 23.1 Å². The van der Waals surface area contributed by atoms with E-state index in [4.69, 9.17) is 0 Å². The molecule has 1 fully saturated rings. The minimum absolute atomic E-state index is 0.0900. The summed E-state index contributed by atoms with van der Waals surface area (Å²) in [5.74, 6) is -1.38. The SMILES string of the molecule is Cc1ccc(C)c(N2C(=O)C[C@@H](Sc3cccc(NC(=O)/C(=C/c4cccs4)NC(=O)c4ccccc4)c3)C2=O)c1. The Balaban J connectivity index is 1.31. The average Bonchev–Trinajstić information content (AvgIpc) is 3.57. The van der Waals surface area contributed by atoms with Crippen molar-refractivity contribution < 1.29 is 19.2 Å². The molecule has 5 rings (SSSR count). The fourth-order valence-corrected chi connectivity index (χ4v) is 6.15. The van der Waals surface area contributed by atoms with Crippen molar-refractivity contribution in [2.75, 3.05) is 10.2 Å². The number of hydrogen-bond donors (Lipinski definition) is 2. The molecule has 41 heavy (non-hydrogen) atoms. The van der Waals surface area contributed by atoms with Crippen molar-refractivity contribution in [1.29, 1.82) is 0 Å². The number of rotatable bonds is 8. The lowest BCUT2D eigenvalue weighted by molar-refractivity contribution is -0.121. The van der Waals surface area contributed by atoms with Crippen LogP contribution in [0.2, 0.25) is 0 Å². The third kappa shape index (κ3) is 6.65. The van der Waals surface area contributed by atoms with Crippen molar-refractivity contribution in [3.63, 3.8) is 0 Å². The first-order chi connectivity index (χ1) is 19.8. The molecule has 0 aliphatic carbocycles. The molecule has 1 aliphatic heterocycles. The van der Waals surface area contributed by atoms with E-state index in [1.165, 1.54) is 28.0 Å².